The summed E-state index contributed by atoms with van der Waals surface area (Å²) in [5, 5.41) is 13.0. The number of hydrogen-bond acceptors (Lipinski definition) is 7. The number of fused-ring (bicyclic) bond motifs is 3. The van der Waals surface area contributed by atoms with Gasteiger partial charge in [0, 0.05) is 28.3 Å². The van der Waals surface area contributed by atoms with Crippen molar-refractivity contribution in [3.05, 3.63) is 100 Å². The predicted molar refractivity (Wildman–Crippen MR) is 165 cm³/mol. The van der Waals surface area contributed by atoms with Crippen LogP contribution in [0.5, 0.6) is 5.75 Å². The Hall–Kier alpha value is -4.12. The Balaban J connectivity index is 1.51. The van der Waals surface area contributed by atoms with Crippen LogP contribution in [0.15, 0.2) is 71.7 Å². The van der Waals surface area contributed by atoms with Crippen LogP contribution in [-0.2, 0) is 4.79 Å². The molecule has 2 heterocycles. The molecule has 0 spiro atoms. The first-order chi connectivity index (χ1) is 20.0. The summed E-state index contributed by atoms with van der Waals surface area (Å²) >= 11 is 6.19. The van der Waals surface area contributed by atoms with Crippen LogP contribution in [0.25, 0.3) is 5.69 Å². The summed E-state index contributed by atoms with van der Waals surface area (Å²) in [7, 11) is -2.46. The van der Waals surface area contributed by atoms with Crippen molar-refractivity contribution in [1.29, 1.82) is 0 Å². The van der Waals surface area contributed by atoms with Gasteiger partial charge in [0.1, 0.15) is 17.6 Å². The number of carbonyl (C=O) groups excluding carboxylic acids is 2. The third kappa shape index (κ3) is 6.20. The number of nitrogens with zero attached hydrogens (tertiary/aromatic N) is 4. The SMILES string of the molecule is CCNC(=O)CC1N=C(c2ccc(Cl)cc2)c2cc(OCC(=O)c3ccc([Si](C)(C)O)cc3)ccc2-n2c(C)nnc21. The summed E-state index contributed by atoms with van der Waals surface area (Å²) in [6, 6.07) is 19.3. The zero-order valence-corrected chi connectivity index (χ0v) is 25.6. The molecule has 1 aliphatic rings. The highest BCUT2D eigenvalue weighted by molar-refractivity contribution is 6.83. The molecular formula is C31H32ClN5O4Si. The van der Waals surface area contributed by atoms with Crippen LogP contribution in [0.3, 0.4) is 0 Å². The minimum absolute atomic E-state index is 0.101. The molecule has 216 valence electrons. The van der Waals surface area contributed by atoms with Crippen molar-refractivity contribution < 1.29 is 19.1 Å². The molecule has 9 nitrogen and oxygen atoms in total. The monoisotopic (exact) mass is 601 g/mol. The number of rotatable bonds is 9. The first kappa shape index (κ1) is 29.4. The molecular weight excluding hydrogens is 570 g/mol. The smallest absolute Gasteiger partial charge is 0.222 e. The summed E-state index contributed by atoms with van der Waals surface area (Å²) in [5.41, 5.74) is 3.48. The number of halogens is 1. The maximum absolute atomic E-state index is 12.9. The Labute approximate surface area is 250 Å². The van der Waals surface area contributed by atoms with Gasteiger partial charge in [0.05, 0.1) is 17.8 Å². The molecule has 3 aromatic carbocycles. The number of amides is 1. The molecule has 11 heteroatoms. The second-order valence-electron chi connectivity index (χ2n) is 10.6. The second kappa shape index (κ2) is 12.0. The fourth-order valence-electron chi connectivity index (χ4n) is 4.88. The van der Waals surface area contributed by atoms with Gasteiger partial charge in [-0.15, -0.1) is 10.2 Å². The molecule has 5 rings (SSSR count). The summed E-state index contributed by atoms with van der Waals surface area (Å²) in [5.74, 6) is 1.38. The van der Waals surface area contributed by atoms with E-state index in [-0.39, 0.29) is 24.7 Å². The number of nitrogens with one attached hydrogen (secondary N) is 1. The van der Waals surface area contributed by atoms with Gasteiger partial charge >= 0.3 is 0 Å². The average molecular weight is 602 g/mol. The largest absolute Gasteiger partial charge is 0.485 e. The summed E-state index contributed by atoms with van der Waals surface area (Å²) < 4.78 is 7.89. The van der Waals surface area contributed by atoms with Crippen LogP contribution in [0.2, 0.25) is 18.1 Å². The Kier molecular flexibility index (Phi) is 8.40. The number of hydrogen-bond donors (Lipinski definition) is 2. The first-order valence-electron chi connectivity index (χ1n) is 13.7. The molecule has 0 radical (unpaired) electrons. The fourth-order valence-corrected chi connectivity index (χ4v) is 5.99. The number of Topliss-reactive ketones (excluding diaryl/α,β-unsaturated/α-hetero) is 1. The van der Waals surface area contributed by atoms with Crippen molar-refractivity contribution in [2.75, 3.05) is 13.2 Å². The molecule has 0 bridgehead atoms. The van der Waals surface area contributed by atoms with Gasteiger partial charge in [-0.3, -0.25) is 19.1 Å². The number of aryl methyl sites for hydroxylation is 1. The van der Waals surface area contributed by atoms with Crippen LogP contribution in [0.1, 0.15) is 52.5 Å². The van der Waals surface area contributed by atoms with Crippen LogP contribution in [-0.4, -0.2) is 58.4 Å². The quantitative estimate of drug-likeness (QED) is 0.218. The maximum Gasteiger partial charge on any atom is 0.222 e. The van der Waals surface area contributed by atoms with E-state index in [9.17, 15) is 14.4 Å². The normalized spacial score (nSPS) is 14.3. The van der Waals surface area contributed by atoms with E-state index in [0.29, 0.717) is 40.2 Å². The van der Waals surface area contributed by atoms with Gasteiger partial charge < -0.3 is 14.8 Å². The lowest BCUT2D eigenvalue weighted by molar-refractivity contribution is -0.121. The number of ether oxygens (including phenoxy) is 1. The van der Waals surface area contributed by atoms with E-state index < -0.39 is 14.4 Å². The van der Waals surface area contributed by atoms with Crippen molar-refractivity contribution in [2.45, 2.75) is 39.4 Å². The molecule has 1 amide bonds. The number of aliphatic imine (C=N–C) groups is 1. The Morgan fingerprint density at radius 1 is 1.05 bits per heavy atom. The van der Waals surface area contributed by atoms with Crippen molar-refractivity contribution in [2.24, 2.45) is 4.99 Å². The zero-order chi connectivity index (χ0) is 30.0. The first-order valence-corrected chi connectivity index (χ1v) is 17.0. The maximum atomic E-state index is 12.9. The Bertz CT molecular complexity index is 1660. The number of aromatic nitrogens is 3. The van der Waals surface area contributed by atoms with E-state index in [2.05, 4.69) is 15.5 Å². The zero-order valence-electron chi connectivity index (χ0n) is 23.9. The van der Waals surface area contributed by atoms with Gasteiger partial charge in [-0.05, 0) is 62.5 Å². The van der Waals surface area contributed by atoms with Gasteiger partial charge in [-0.2, -0.15) is 0 Å². The molecule has 42 heavy (non-hydrogen) atoms. The van der Waals surface area contributed by atoms with Gasteiger partial charge in [-0.1, -0.05) is 48.0 Å². The van der Waals surface area contributed by atoms with Crippen LogP contribution in [0, 0.1) is 6.92 Å². The molecule has 4 aromatic rings. The molecule has 1 unspecified atom stereocenters. The molecule has 0 saturated heterocycles. The van der Waals surface area contributed by atoms with Gasteiger partial charge in [0.25, 0.3) is 0 Å². The van der Waals surface area contributed by atoms with E-state index in [1.54, 1.807) is 42.5 Å². The summed E-state index contributed by atoms with van der Waals surface area (Å²) in [4.78, 5) is 41.0. The lowest BCUT2D eigenvalue weighted by atomic mass is 10.00. The van der Waals surface area contributed by atoms with Crippen LogP contribution < -0.4 is 15.2 Å². The number of ketones is 1. The van der Waals surface area contributed by atoms with Gasteiger partial charge in [-0.25, -0.2) is 0 Å². The number of benzene rings is 3. The van der Waals surface area contributed by atoms with E-state index in [1.807, 2.05) is 55.8 Å². The van der Waals surface area contributed by atoms with Crippen molar-refractivity contribution in [1.82, 2.24) is 20.1 Å². The fraction of sp³-hybridized carbons (Fsp3) is 0.258. The van der Waals surface area contributed by atoms with Crippen LogP contribution >= 0.6 is 11.6 Å². The van der Waals surface area contributed by atoms with Crippen LogP contribution in [0.4, 0.5) is 0 Å². The molecule has 2 N–H and O–H groups in total. The molecule has 1 atom stereocenters. The molecule has 0 aliphatic carbocycles. The molecule has 0 fully saturated rings. The van der Waals surface area contributed by atoms with Gasteiger partial charge in [0.15, 0.2) is 18.2 Å². The van der Waals surface area contributed by atoms with Crippen molar-refractivity contribution in [3.63, 3.8) is 0 Å². The number of carbonyl (C=O) groups is 2. The average Bonchev–Trinajstić information content (AvgIpc) is 3.29. The molecule has 0 saturated carbocycles. The van der Waals surface area contributed by atoms with E-state index in [4.69, 9.17) is 21.3 Å². The summed E-state index contributed by atoms with van der Waals surface area (Å²) in [6.07, 6.45) is 0.101. The topological polar surface area (TPSA) is 119 Å². The highest BCUT2D eigenvalue weighted by atomic mass is 35.5. The predicted octanol–water partition coefficient (Wildman–Crippen LogP) is 4.31. The lowest BCUT2D eigenvalue weighted by Gasteiger charge is -2.15. The van der Waals surface area contributed by atoms with Gasteiger partial charge in [0.2, 0.25) is 14.2 Å². The van der Waals surface area contributed by atoms with E-state index in [0.717, 1.165) is 22.0 Å². The third-order valence-corrected chi connectivity index (χ3v) is 9.05. The summed E-state index contributed by atoms with van der Waals surface area (Å²) in [6.45, 7) is 7.73. The minimum Gasteiger partial charge on any atom is -0.485 e. The van der Waals surface area contributed by atoms with Crippen molar-refractivity contribution >= 4 is 42.5 Å². The Morgan fingerprint density at radius 3 is 2.43 bits per heavy atom. The second-order valence-corrected chi connectivity index (χ2v) is 14.8. The van der Waals surface area contributed by atoms with E-state index in [1.165, 1.54) is 0 Å². The van der Waals surface area contributed by atoms with Crippen molar-refractivity contribution in [3.8, 4) is 11.4 Å². The minimum atomic E-state index is -2.46. The Morgan fingerprint density at radius 2 is 1.76 bits per heavy atom. The highest BCUT2D eigenvalue weighted by Crippen LogP contribution is 2.34. The third-order valence-electron chi connectivity index (χ3n) is 7.05. The molecule has 1 aromatic heterocycles. The lowest BCUT2D eigenvalue weighted by Crippen LogP contribution is -2.41. The highest BCUT2D eigenvalue weighted by Gasteiger charge is 2.30. The standard InChI is InChI=1S/C31H32ClN5O4Si/c1-5-33-29(39)17-26-31-36-35-19(2)37(31)27-15-12-23(16-25(27)30(34-26)21-6-10-22(32)11-7-21)41-18-28(38)20-8-13-24(14-9-20)42(3,4)40/h6-16,26,40H,5,17-18H2,1-4H3,(H,33,39). The van der Waals surface area contributed by atoms with E-state index >= 15 is 0 Å². The molecule has 1 aliphatic heterocycles.